The maximum Gasteiger partial charge on any atom is 0.232 e. The number of carbonyl (C=O) groups is 1. The van der Waals surface area contributed by atoms with Crippen LogP contribution in [-0.4, -0.2) is 40.9 Å². The smallest absolute Gasteiger partial charge is 0.232 e. The van der Waals surface area contributed by atoms with Crippen molar-refractivity contribution in [3.63, 3.8) is 0 Å². The maximum absolute atomic E-state index is 12.3. The predicted octanol–water partition coefficient (Wildman–Crippen LogP) is 2.68. The zero-order valence-corrected chi connectivity index (χ0v) is 12.6. The minimum atomic E-state index is 0.223. The van der Waals surface area contributed by atoms with Crippen LogP contribution < -0.4 is 0 Å². The molecule has 0 saturated carbocycles. The molecule has 1 N–H and O–H groups in total. The summed E-state index contributed by atoms with van der Waals surface area (Å²) < 4.78 is 0. The molecule has 1 fully saturated rings. The molecule has 1 aliphatic rings. The first kappa shape index (κ1) is 15.4. The van der Waals surface area contributed by atoms with Crippen LogP contribution in [0.5, 0.6) is 0 Å². The number of hydrogen-bond acceptors (Lipinski definition) is 3. The molecule has 0 aliphatic carbocycles. The molecule has 0 bridgehead atoms. The fraction of sp³-hybridized carbons (Fsp3) is 0.562. The van der Waals surface area contributed by atoms with Gasteiger partial charge in [0, 0.05) is 24.9 Å². The number of benzene rings is 1. The molecule has 1 aromatic carbocycles. The van der Waals surface area contributed by atoms with Gasteiger partial charge in [0.15, 0.2) is 0 Å². The van der Waals surface area contributed by atoms with Gasteiger partial charge in [0.05, 0.1) is 5.75 Å². The normalized spacial score (nSPS) is 18.4. The van der Waals surface area contributed by atoms with Crippen molar-refractivity contribution < 1.29 is 9.90 Å². The van der Waals surface area contributed by atoms with Gasteiger partial charge in [-0.05, 0) is 31.2 Å². The highest BCUT2D eigenvalue weighted by molar-refractivity contribution is 7.99. The van der Waals surface area contributed by atoms with Crippen LogP contribution in [0.15, 0.2) is 30.3 Å². The van der Waals surface area contributed by atoms with Gasteiger partial charge >= 0.3 is 0 Å². The van der Waals surface area contributed by atoms with Gasteiger partial charge in [-0.1, -0.05) is 30.3 Å². The Kier molecular flexibility index (Phi) is 6.40. The molecule has 4 heteroatoms. The van der Waals surface area contributed by atoms with Crippen molar-refractivity contribution in [3.8, 4) is 0 Å². The molecule has 20 heavy (non-hydrogen) atoms. The van der Waals surface area contributed by atoms with Crippen LogP contribution in [0.4, 0.5) is 0 Å². The lowest BCUT2D eigenvalue weighted by atomic mass is 10.1. The first-order valence-electron chi connectivity index (χ1n) is 7.33. The largest absolute Gasteiger partial charge is 0.396 e. The highest BCUT2D eigenvalue weighted by Gasteiger charge is 2.27. The predicted molar refractivity (Wildman–Crippen MR) is 83.7 cm³/mol. The van der Waals surface area contributed by atoms with Gasteiger partial charge in [0.1, 0.15) is 0 Å². The van der Waals surface area contributed by atoms with Crippen molar-refractivity contribution in [1.82, 2.24) is 4.90 Å². The molecule has 0 spiro atoms. The Bertz CT molecular complexity index is 410. The summed E-state index contributed by atoms with van der Waals surface area (Å²) in [4.78, 5) is 14.3. The first-order chi connectivity index (χ1) is 9.81. The van der Waals surface area contributed by atoms with Crippen molar-refractivity contribution in [2.75, 3.05) is 18.9 Å². The minimum Gasteiger partial charge on any atom is -0.396 e. The lowest BCUT2D eigenvalue weighted by Crippen LogP contribution is -2.36. The third kappa shape index (κ3) is 4.53. The molecule has 1 aromatic rings. The zero-order valence-electron chi connectivity index (χ0n) is 11.8. The zero-order chi connectivity index (χ0) is 14.2. The number of carbonyl (C=O) groups excluding carboxylic acids is 1. The van der Waals surface area contributed by atoms with Crippen LogP contribution in [-0.2, 0) is 10.5 Å². The second kappa shape index (κ2) is 8.32. The highest BCUT2D eigenvalue weighted by Crippen LogP contribution is 2.23. The average Bonchev–Trinajstić information content (AvgIpc) is 2.94. The fourth-order valence-corrected chi connectivity index (χ4v) is 3.58. The first-order valence-corrected chi connectivity index (χ1v) is 8.48. The number of aliphatic hydroxyl groups is 1. The van der Waals surface area contributed by atoms with Gasteiger partial charge in [0.2, 0.25) is 5.91 Å². The van der Waals surface area contributed by atoms with E-state index in [1.165, 1.54) is 5.56 Å². The van der Waals surface area contributed by atoms with Crippen molar-refractivity contribution in [2.45, 2.75) is 37.5 Å². The van der Waals surface area contributed by atoms with Crippen molar-refractivity contribution in [2.24, 2.45) is 0 Å². The van der Waals surface area contributed by atoms with Crippen LogP contribution in [0.2, 0.25) is 0 Å². The lowest BCUT2D eigenvalue weighted by molar-refractivity contribution is -0.129. The van der Waals surface area contributed by atoms with E-state index in [0.29, 0.717) is 11.8 Å². The van der Waals surface area contributed by atoms with Crippen LogP contribution >= 0.6 is 11.8 Å². The van der Waals surface area contributed by atoms with E-state index in [0.717, 1.165) is 38.0 Å². The van der Waals surface area contributed by atoms with E-state index < -0.39 is 0 Å². The Hall–Kier alpha value is -1.00. The Morgan fingerprint density at radius 2 is 2.15 bits per heavy atom. The summed E-state index contributed by atoms with van der Waals surface area (Å²) in [5.41, 5.74) is 1.27. The Labute approximate surface area is 125 Å². The van der Waals surface area contributed by atoms with Gasteiger partial charge in [-0.25, -0.2) is 0 Å². The summed E-state index contributed by atoms with van der Waals surface area (Å²) in [7, 11) is 0. The number of rotatable bonds is 7. The van der Waals surface area contributed by atoms with Gasteiger partial charge in [0.25, 0.3) is 0 Å². The van der Waals surface area contributed by atoms with Gasteiger partial charge in [-0.15, -0.1) is 11.8 Å². The molecule has 1 heterocycles. The Morgan fingerprint density at radius 1 is 1.35 bits per heavy atom. The van der Waals surface area contributed by atoms with Gasteiger partial charge < -0.3 is 10.0 Å². The second-order valence-corrected chi connectivity index (χ2v) is 6.21. The summed E-state index contributed by atoms with van der Waals surface area (Å²) in [6.45, 7) is 1.11. The third-order valence-electron chi connectivity index (χ3n) is 3.73. The molecule has 0 aromatic heterocycles. The molecule has 2 rings (SSSR count). The van der Waals surface area contributed by atoms with E-state index in [9.17, 15) is 4.79 Å². The molecular formula is C16H23NO2S. The number of likely N-dealkylation sites (tertiary alicyclic amines) is 1. The Morgan fingerprint density at radius 3 is 2.90 bits per heavy atom. The molecule has 1 saturated heterocycles. The van der Waals surface area contributed by atoms with E-state index in [1.807, 2.05) is 23.1 Å². The number of hydrogen-bond donors (Lipinski definition) is 1. The monoisotopic (exact) mass is 293 g/mol. The summed E-state index contributed by atoms with van der Waals surface area (Å²) in [6.07, 6.45) is 3.93. The average molecular weight is 293 g/mol. The van der Waals surface area contributed by atoms with Crippen molar-refractivity contribution in [3.05, 3.63) is 35.9 Å². The van der Waals surface area contributed by atoms with Crippen LogP contribution in [0.25, 0.3) is 0 Å². The number of nitrogens with zero attached hydrogens (tertiary/aromatic N) is 1. The quantitative estimate of drug-likeness (QED) is 0.840. The molecule has 0 radical (unpaired) electrons. The molecule has 1 atom stereocenters. The van der Waals surface area contributed by atoms with Gasteiger partial charge in [-0.2, -0.15) is 0 Å². The van der Waals surface area contributed by atoms with E-state index in [4.69, 9.17) is 5.11 Å². The molecular weight excluding hydrogens is 270 g/mol. The summed E-state index contributed by atoms with van der Waals surface area (Å²) in [6, 6.07) is 10.6. The SMILES string of the molecule is O=C(CSCc1ccccc1)N1CCCC1CCCO. The summed E-state index contributed by atoms with van der Waals surface area (Å²) >= 11 is 1.69. The molecule has 1 unspecified atom stereocenters. The van der Waals surface area contributed by atoms with Crippen molar-refractivity contribution in [1.29, 1.82) is 0 Å². The second-order valence-electron chi connectivity index (χ2n) is 5.23. The lowest BCUT2D eigenvalue weighted by Gasteiger charge is -2.24. The molecule has 1 amide bonds. The van der Waals surface area contributed by atoms with E-state index in [-0.39, 0.29) is 12.5 Å². The third-order valence-corrected chi connectivity index (χ3v) is 4.72. The van der Waals surface area contributed by atoms with E-state index >= 15 is 0 Å². The highest BCUT2D eigenvalue weighted by atomic mass is 32.2. The Balaban J connectivity index is 1.73. The van der Waals surface area contributed by atoms with Crippen LogP contribution in [0.1, 0.15) is 31.2 Å². The van der Waals surface area contributed by atoms with Crippen LogP contribution in [0, 0.1) is 0 Å². The summed E-state index contributed by atoms with van der Waals surface area (Å²) in [5.74, 6) is 1.71. The van der Waals surface area contributed by atoms with E-state index in [2.05, 4.69) is 12.1 Å². The fourth-order valence-electron chi connectivity index (χ4n) is 2.70. The summed E-state index contributed by atoms with van der Waals surface area (Å²) in [5, 5.41) is 8.91. The standard InChI is InChI=1S/C16H23NO2S/c18-11-5-9-15-8-4-10-17(15)16(19)13-20-12-14-6-2-1-3-7-14/h1-3,6-7,15,18H,4-5,8-13H2. The molecule has 3 nitrogen and oxygen atoms in total. The molecule has 1 aliphatic heterocycles. The number of amides is 1. The topological polar surface area (TPSA) is 40.5 Å². The number of aliphatic hydroxyl groups excluding tert-OH is 1. The maximum atomic E-state index is 12.3. The molecule has 110 valence electrons. The minimum absolute atomic E-state index is 0.223. The van der Waals surface area contributed by atoms with Crippen LogP contribution in [0.3, 0.4) is 0 Å². The van der Waals surface area contributed by atoms with Gasteiger partial charge in [-0.3, -0.25) is 4.79 Å². The van der Waals surface area contributed by atoms with E-state index in [1.54, 1.807) is 11.8 Å². The van der Waals surface area contributed by atoms with Crippen molar-refractivity contribution >= 4 is 17.7 Å². The number of thioether (sulfide) groups is 1.